The molecule has 2 rings (SSSR count). The molecule has 0 fully saturated rings. The van der Waals surface area contributed by atoms with Crippen molar-refractivity contribution in [2.45, 2.75) is 34.6 Å². The molecule has 0 aliphatic carbocycles. The van der Waals surface area contributed by atoms with Gasteiger partial charge < -0.3 is 10.6 Å². The minimum Gasteiger partial charge on any atom is -0.332 e. The molecule has 0 spiro atoms. The van der Waals surface area contributed by atoms with E-state index in [1.165, 1.54) is 27.8 Å². The molecule has 2 N–H and O–H groups in total. The summed E-state index contributed by atoms with van der Waals surface area (Å²) >= 11 is 5.43. The standard InChI is InChI=1S/C18H22N2S/c1-11-6-12(2)10-16(9-11)19-18(21)20-17-14(4)7-13(3)8-15(17)5/h6-10H,1-5H3,(H2,19,20,21). The fourth-order valence-corrected chi connectivity index (χ4v) is 2.92. The topological polar surface area (TPSA) is 24.1 Å². The van der Waals surface area contributed by atoms with Gasteiger partial charge in [-0.25, -0.2) is 0 Å². The van der Waals surface area contributed by atoms with Gasteiger partial charge in [0, 0.05) is 11.4 Å². The summed E-state index contributed by atoms with van der Waals surface area (Å²) in [5, 5.41) is 7.20. The predicted octanol–water partition coefficient (Wildman–Crippen LogP) is 5.04. The average molecular weight is 298 g/mol. The molecule has 2 aromatic carbocycles. The predicted molar refractivity (Wildman–Crippen MR) is 96.4 cm³/mol. The van der Waals surface area contributed by atoms with Crippen molar-refractivity contribution in [3.8, 4) is 0 Å². The Bertz CT molecular complexity index is 646. The Balaban J connectivity index is 2.15. The van der Waals surface area contributed by atoms with Crippen molar-refractivity contribution in [2.75, 3.05) is 10.6 Å². The van der Waals surface area contributed by atoms with Crippen molar-refractivity contribution < 1.29 is 0 Å². The Hall–Kier alpha value is -1.87. The molecular weight excluding hydrogens is 276 g/mol. The van der Waals surface area contributed by atoms with E-state index in [0.29, 0.717) is 5.11 Å². The third kappa shape index (κ3) is 4.05. The van der Waals surface area contributed by atoms with Gasteiger partial charge >= 0.3 is 0 Å². The minimum absolute atomic E-state index is 0.620. The molecule has 0 atom stereocenters. The van der Waals surface area contributed by atoms with Crippen LogP contribution in [0.1, 0.15) is 27.8 Å². The number of hydrogen-bond acceptors (Lipinski definition) is 1. The van der Waals surface area contributed by atoms with Crippen molar-refractivity contribution in [2.24, 2.45) is 0 Å². The molecular formula is C18H22N2S. The monoisotopic (exact) mass is 298 g/mol. The summed E-state index contributed by atoms with van der Waals surface area (Å²) in [5.41, 5.74) is 8.23. The number of rotatable bonds is 2. The molecule has 110 valence electrons. The first kappa shape index (κ1) is 15.5. The second kappa shape index (κ2) is 6.27. The summed E-state index contributed by atoms with van der Waals surface area (Å²) < 4.78 is 0. The zero-order valence-corrected chi connectivity index (χ0v) is 14.1. The number of anilines is 2. The summed E-state index contributed by atoms with van der Waals surface area (Å²) in [5.74, 6) is 0. The molecule has 0 radical (unpaired) electrons. The summed E-state index contributed by atoms with van der Waals surface area (Å²) in [6.07, 6.45) is 0. The normalized spacial score (nSPS) is 10.3. The van der Waals surface area contributed by atoms with Gasteiger partial charge in [-0.3, -0.25) is 0 Å². The van der Waals surface area contributed by atoms with Crippen molar-refractivity contribution in [1.29, 1.82) is 0 Å². The molecule has 0 amide bonds. The van der Waals surface area contributed by atoms with E-state index in [2.05, 4.69) is 75.6 Å². The second-order valence-corrected chi connectivity index (χ2v) is 6.14. The van der Waals surface area contributed by atoms with Crippen LogP contribution in [0.4, 0.5) is 11.4 Å². The lowest BCUT2D eigenvalue weighted by atomic mass is 10.1. The van der Waals surface area contributed by atoms with E-state index in [1.807, 2.05) is 0 Å². The Labute approximate surface area is 132 Å². The first-order valence-electron chi connectivity index (χ1n) is 7.09. The number of aryl methyl sites for hydroxylation is 5. The van der Waals surface area contributed by atoms with Crippen molar-refractivity contribution in [3.05, 3.63) is 58.1 Å². The minimum atomic E-state index is 0.620. The van der Waals surface area contributed by atoms with Gasteiger partial charge in [-0.05, 0) is 81.2 Å². The van der Waals surface area contributed by atoms with Gasteiger partial charge in [0.1, 0.15) is 0 Å². The zero-order chi connectivity index (χ0) is 15.6. The molecule has 0 heterocycles. The molecule has 2 aromatic rings. The van der Waals surface area contributed by atoms with Gasteiger partial charge in [-0.2, -0.15) is 0 Å². The van der Waals surface area contributed by atoms with Crippen molar-refractivity contribution in [3.63, 3.8) is 0 Å². The lowest BCUT2D eigenvalue weighted by molar-refractivity contribution is 1.32. The van der Waals surface area contributed by atoms with Gasteiger partial charge in [-0.1, -0.05) is 23.8 Å². The highest BCUT2D eigenvalue weighted by molar-refractivity contribution is 7.80. The average Bonchev–Trinajstić information content (AvgIpc) is 2.32. The first-order valence-corrected chi connectivity index (χ1v) is 7.50. The molecule has 0 bridgehead atoms. The smallest absolute Gasteiger partial charge is 0.175 e. The van der Waals surface area contributed by atoms with Crippen LogP contribution in [0.5, 0.6) is 0 Å². The van der Waals surface area contributed by atoms with Crippen LogP contribution < -0.4 is 10.6 Å². The Morgan fingerprint density at radius 3 is 1.71 bits per heavy atom. The Morgan fingerprint density at radius 1 is 0.714 bits per heavy atom. The van der Waals surface area contributed by atoms with Crippen LogP contribution in [0, 0.1) is 34.6 Å². The number of benzene rings is 2. The number of thiocarbonyl (C=S) groups is 1. The molecule has 0 aliphatic rings. The van der Waals surface area contributed by atoms with E-state index >= 15 is 0 Å². The lowest BCUT2D eigenvalue weighted by Gasteiger charge is -2.16. The molecule has 0 saturated carbocycles. The number of nitrogens with one attached hydrogen (secondary N) is 2. The largest absolute Gasteiger partial charge is 0.332 e. The van der Waals surface area contributed by atoms with E-state index in [4.69, 9.17) is 12.2 Å². The van der Waals surface area contributed by atoms with E-state index in [0.717, 1.165) is 11.4 Å². The summed E-state index contributed by atoms with van der Waals surface area (Å²) in [6.45, 7) is 10.5. The summed E-state index contributed by atoms with van der Waals surface area (Å²) in [7, 11) is 0. The van der Waals surface area contributed by atoms with Crippen LogP contribution in [-0.2, 0) is 0 Å². The third-order valence-corrected chi connectivity index (χ3v) is 3.60. The second-order valence-electron chi connectivity index (χ2n) is 5.73. The van der Waals surface area contributed by atoms with E-state index in [9.17, 15) is 0 Å². The van der Waals surface area contributed by atoms with Crippen LogP contribution in [0.3, 0.4) is 0 Å². The SMILES string of the molecule is Cc1cc(C)cc(NC(=S)Nc2c(C)cc(C)cc2C)c1. The third-order valence-electron chi connectivity index (χ3n) is 3.40. The molecule has 0 unspecified atom stereocenters. The maximum atomic E-state index is 5.43. The van der Waals surface area contributed by atoms with E-state index in [1.54, 1.807) is 0 Å². The molecule has 21 heavy (non-hydrogen) atoms. The van der Waals surface area contributed by atoms with Crippen LogP contribution in [-0.4, -0.2) is 5.11 Å². The van der Waals surface area contributed by atoms with Gasteiger partial charge in [0.15, 0.2) is 5.11 Å². The van der Waals surface area contributed by atoms with Crippen molar-refractivity contribution >= 4 is 28.7 Å². The highest BCUT2D eigenvalue weighted by Crippen LogP contribution is 2.22. The Kier molecular flexibility index (Phi) is 4.63. The molecule has 3 heteroatoms. The van der Waals surface area contributed by atoms with Crippen LogP contribution in [0.2, 0.25) is 0 Å². The molecule has 2 nitrogen and oxygen atoms in total. The maximum absolute atomic E-state index is 5.43. The van der Waals surface area contributed by atoms with Crippen molar-refractivity contribution in [1.82, 2.24) is 0 Å². The van der Waals surface area contributed by atoms with Crippen LogP contribution in [0.25, 0.3) is 0 Å². The summed E-state index contributed by atoms with van der Waals surface area (Å²) in [6, 6.07) is 10.7. The lowest BCUT2D eigenvalue weighted by Crippen LogP contribution is -2.20. The van der Waals surface area contributed by atoms with Crippen LogP contribution in [0.15, 0.2) is 30.3 Å². The first-order chi connectivity index (χ1) is 9.85. The van der Waals surface area contributed by atoms with Gasteiger partial charge in [-0.15, -0.1) is 0 Å². The molecule has 0 aliphatic heterocycles. The van der Waals surface area contributed by atoms with Gasteiger partial charge in [0.05, 0.1) is 0 Å². The van der Waals surface area contributed by atoms with Crippen LogP contribution >= 0.6 is 12.2 Å². The highest BCUT2D eigenvalue weighted by Gasteiger charge is 2.06. The fourth-order valence-electron chi connectivity index (χ4n) is 2.70. The fraction of sp³-hybridized carbons (Fsp3) is 0.278. The zero-order valence-electron chi connectivity index (χ0n) is 13.3. The molecule has 0 saturated heterocycles. The van der Waals surface area contributed by atoms with E-state index < -0.39 is 0 Å². The summed E-state index contributed by atoms with van der Waals surface area (Å²) in [4.78, 5) is 0. The molecule has 0 aromatic heterocycles. The Morgan fingerprint density at radius 2 is 1.19 bits per heavy atom. The maximum Gasteiger partial charge on any atom is 0.175 e. The van der Waals surface area contributed by atoms with Gasteiger partial charge in [0.25, 0.3) is 0 Å². The number of hydrogen-bond donors (Lipinski definition) is 2. The quantitative estimate of drug-likeness (QED) is 0.760. The van der Waals surface area contributed by atoms with Gasteiger partial charge in [0.2, 0.25) is 0 Å². The van der Waals surface area contributed by atoms with E-state index in [-0.39, 0.29) is 0 Å². The highest BCUT2D eigenvalue weighted by atomic mass is 32.1.